The monoisotopic (exact) mass is 487 g/mol. The van der Waals surface area contributed by atoms with Gasteiger partial charge in [-0.15, -0.1) is 13.2 Å². The number of rotatable bonds is 11. The third-order valence-electron chi connectivity index (χ3n) is 8.44. The van der Waals surface area contributed by atoms with Gasteiger partial charge in [0.15, 0.2) is 0 Å². The molecule has 4 fully saturated rings. The fourth-order valence-electron chi connectivity index (χ4n) is 7.10. The van der Waals surface area contributed by atoms with Gasteiger partial charge in [0.05, 0.1) is 24.5 Å². The summed E-state index contributed by atoms with van der Waals surface area (Å²) in [5, 5.41) is 9.81. The van der Waals surface area contributed by atoms with Crippen LogP contribution < -0.4 is 0 Å². The van der Waals surface area contributed by atoms with Crippen molar-refractivity contribution in [3.05, 3.63) is 25.3 Å². The number of β-amino-alcohol motifs (C(OH)–C–C–N with tert-alkyl or cyclic N) is 1. The molecule has 0 aromatic heterocycles. The predicted octanol–water partition coefficient (Wildman–Crippen LogP) is 2.13. The van der Waals surface area contributed by atoms with E-state index in [-0.39, 0.29) is 43.0 Å². The van der Waals surface area contributed by atoms with Crippen LogP contribution in [0.15, 0.2) is 25.3 Å². The molecular formula is C27H41N3O5. The molecular weight excluding hydrogens is 446 g/mol. The molecule has 3 amide bonds. The first-order valence-corrected chi connectivity index (χ1v) is 13.3. The molecule has 1 aliphatic carbocycles. The van der Waals surface area contributed by atoms with E-state index in [4.69, 9.17) is 4.74 Å². The Kier molecular flexibility index (Phi) is 8.01. The molecule has 3 heterocycles. The van der Waals surface area contributed by atoms with Crippen molar-refractivity contribution in [2.45, 2.75) is 82.1 Å². The highest BCUT2D eigenvalue weighted by molar-refractivity contribution is 5.99. The van der Waals surface area contributed by atoms with Crippen LogP contribution in [0.3, 0.4) is 0 Å². The Morgan fingerprint density at radius 3 is 2.49 bits per heavy atom. The molecule has 0 aromatic rings. The maximum absolute atomic E-state index is 14.2. The summed E-state index contributed by atoms with van der Waals surface area (Å²) in [7, 11) is 0. The van der Waals surface area contributed by atoms with Crippen molar-refractivity contribution in [3.8, 4) is 0 Å². The van der Waals surface area contributed by atoms with Crippen LogP contribution in [-0.4, -0.2) is 94.1 Å². The lowest BCUT2D eigenvalue weighted by Crippen LogP contribution is -2.58. The Hall–Kier alpha value is -2.19. The molecule has 8 heteroatoms. The van der Waals surface area contributed by atoms with Crippen LogP contribution in [-0.2, 0) is 19.1 Å². The highest BCUT2D eigenvalue weighted by atomic mass is 16.5. The normalized spacial score (nSPS) is 31.9. The molecule has 4 rings (SSSR count). The number of carbonyl (C=O) groups excluding carboxylic acids is 3. The Morgan fingerprint density at radius 1 is 1.14 bits per heavy atom. The molecule has 0 radical (unpaired) electrons. The Bertz CT molecular complexity index is 841. The van der Waals surface area contributed by atoms with Gasteiger partial charge in [-0.05, 0) is 32.1 Å². The van der Waals surface area contributed by atoms with Gasteiger partial charge in [0, 0.05) is 32.2 Å². The smallest absolute Gasteiger partial charge is 0.248 e. The number of hydrogen-bond acceptors (Lipinski definition) is 5. The lowest BCUT2D eigenvalue weighted by atomic mass is 9.70. The van der Waals surface area contributed by atoms with Crippen molar-refractivity contribution in [1.29, 1.82) is 0 Å². The Balaban J connectivity index is 1.69. The standard InChI is InChI=1S/C27H41N3O5/c1-4-14-28(15-5-2)24(32)21-20-12-13-27(35-20)22(21)25(33)30(17-18-31)23(27)26(34)29(16-6-3)19-10-8-7-9-11-19/h4,6,19-23,31H,1,3,5,7-18H2,2H3/t20-,21+,22-,23?,27?/m0/s1. The topological polar surface area (TPSA) is 90.4 Å². The number of hydrogen-bond donors (Lipinski definition) is 1. The molecule has 4 aliphatic rings. The number of nitrogens with zero attached hydrogens (tertiary/aromatic N) is 3. The molecule has 5 atom stereocenters. The van der Waals surface area contributed by atoms with Gasteiger partial charge in [-0.25, -0.2) is 0 Å². The largest absolute Gasteiger partial charge is 0.395 e. The van der Waals surface area contributed by atoms with Crippen LogP contribution in [0.2, 0.25) is 0 Å². The molecule has 0 aromatic carbocycles. The Morgan fingerprint density at radius 2 is 1.86 bits per heavy atom. The summed E-state index contributed by atoms with van der Waals surface area (Å²) in [6.45, 7) is 10.9. The summed E-state index contributed by atoms with van der Waals surface area (Å²) >= 11 is 0. The number of amides is 3. The minimum absolute atomic E-state index is 0.0559. The molecule has 1 N–H and O–H groups in total. The first-order chi connectivity index (χ1) is 16.9. The van der Waals surface area contributed by atoms with Gasteiger partial charge in [0.25, 0.3) is 0 Å². The zero-order chi connectivity index (χ0) is 25.2. The first-order valence-electron chi connectivity index (χ1n) is 13.3. The summed E-state index contributed by atoms with van der Waals surface area (Å²) < 4.78 is 6.53. The van der Waals surface area contributed by atoms with Crippen molar-refractivity contribution in [1.82, 2.24) is 14.7 Å². The maximum atomic E-state index is 14.2. The van der Waals surface area contributed by atoms with Crippen molar-refractivity contribution in [2.75, 3.05) is 32.8 Å². The number of carbonyl (C=O) groups is 3. The number of ether oxygens (including phenoxy) is 1. The molecule has 194 valence electrons. The van der Waals surface area contributed by atoms with Gasteiger partial charge < -0.3 is 24.5 Å². The van der Waals surface area contributed by atoms with Crippen molar-refractivity contribution >= 4 is 17.7 Å². The summed E-state index contributed by atoms with van der Waals surface area (Å²) in [6.07, 6.45) is 10.3. The van der Waals surface area contributed by atoms with Crippen LogP contribution in [0.5, 0.6) is 0 Å². The van der Waals surface area contributed by atoms with E-state index in [9.17, 15) is 19.5 Å². The third kappa shape index (κ3) is 4.33. The van der Waals surface area contributed by atoms with E-state index in [1.54, 1.807) is 17.1 Å². The van der Waals surface area contributed by atoms with Crippen molar-refractivity contribution in [3.63, 3.8) is 0 Å². The van der Waals surface area contributed by atoms with E-state index in [0.29, 0.717) is 32.5 Å². The van der Waals surface area contributed by atoms with Gasteiger partial charge in [-0.2, -0.15) is 0 Å². The van der Waals surface area contributed by atoms with E-state index in [0.717, 1.165) is 32.1 Å². The van der Waals surface area contributed by atoms with E-state index >= 15 is 0 Å². The molecule has 2 bridgehead atoms. The maximum Gasteiger partial charge on any atom is 0.248 e. The van der Waals surface area contributed by atoms with Gasteiger partial charge in [0.2, 0.25) is 17.7 Å². The zero-order valence-electron chi connectivity index (χ0n) is 21.1. The number of aliphatic hydroxyl groups excluding tert-OH is 1. The minimum atomic E-state index is -1.02. The molecule has 3 aliphatic heterocycles. The summed E-state index contributed by atoms with van der Waals surface area (Å²) in [6, 6.07) is -0.713. The SMILES string of the molecule is C=CCN(CCC)C(=O)[C@@H]1[C@@H]2CCC3(O2)C(C(=O)N(CC=C)C2CCCCC2)N(CCO)C(=O)[C@H]13. The van der Waals surface area contributed by atoms with E-state index in [2.05, 4.69) is 13.2 Å². The summed E-state index contributed by atoms with van der Waals surface area (Å²) in [5.41, 5.74) is -1.02. The van der Waals surface area contributed by atoms with Gasteiger partial charge >= 0.3 is 0 Å². The van der Waals surface area contributed by atoms with Crippen LogP contribution >= 0.6 is 0 Å². The predicted molar refractivity (Wildman–Crippen MR) is 132 cm³/mol. The van der Waals surface area contributed by atoms with E-state index < -0.39 is 23.5 Å². The van der Waals surface area contributed by atoms with Crippen molar-refractivity contribution < 1.29 is 24.2 Å². The van der Waals surface area contributed by atoms with E-state index in [1.807, 2.05) is 11.8 Å². The first kappa shape index (κ1) is 25.9. The minimum Gasteiger partial charge on any atom is -0.395 e. The summed E-state index contributed by atoms with van der Waals surface area (Å²) in [4.78, 5) is 46.9. The van der Waals surface area contributed by atoms with Crippen LogP contribution in [0, 0.1) is 11.8 Å². The van der Waals surface area contributed by atoms with Gasteiger partial charge in [-0.1, -0.05) is 38.3 Å². The summed E-state index contributed by atoms with van der Waals surface area (Å²) in [5.74, 6) is -1.77. The van der Waals surface area contributed by atoms with Gasteiger partial charge in [0.1, 0.15) is 11.6 Å². The fraction of sp³-hybridized carbons (Fsp3) is 0.741. The quantitative estimate of drug-likeness (QED) is 0.451. The fourth-order valence-corrected chi connectivity index (χ4v) is 7.10. The average molecular weight is 488 g/mol. The molecule has 2 unspecified atom stereocenters. The second-order valence-corrected chi connectivity index (χ2v) is 10.5. The number of likely N-dealkylation sites (tertiary alicyclic amines) is 1. The average Bonchev–Trinajstić information content (AvgIpc) is 3.50. The van der Waals surface area contributed by atoms with Gasteiger partial charge in [-0.3, -0.25) is 14.4 Å². The second kappa shape index (κ2) is 10.8. The molecule has 8 nitrogen and oxygen atoms in total. The zero-order valence-corrected chi connectivity index (χ0v) is 21.1. The Labute approximate surface area is 208 Å². The molecule has 3 saturated heterocycles. The van der Waals surface area contributed by atoms with Crippen molar-refractivity contribution in [2.24, 2.45) is 11.8 Å². The number of fused-ring (bicyclic) bond motifs is 1. The highest BCUT2D eigenvalue weighted by Gasteiger charge is 2.74. The lowest BCUT2D eigenvalue weighted by molar-refractivity contribution is -0.150. The highest BCUT2D eigenvalue weighted by Crippen LogP contribution is 2.59. The molecule has 35 heavy (non-hydrogen) atoms. The lowest BCUT2D eigenvalue weighted by Gasteiger charge is -2.40. The van der Waals surface area contributed by atoms with Crippen LogP contribution in [0.1, 0.15) is 58.3 Å². The number of aliphatic hydroxyl groups is 1. The molecule has 1 spiro atoms. The van der Waals surface area contributed by atoms with E-state index in [1.165, 1.54) is 11.3 Å². The van der Waals surface area contributed by atoms with Crippen LogP contribution in [0.4, 0.5) is 0 Å². The van der Waals surface area contributed by atoms with Crippen LogP contribution in [0.25, 0.3) is 0 Å². The second-order valence-electron chi connectivity index (χ2n) is 10.5. The third-order valence-corrected chi connectivity index (χ3v) is 8.44. The molecule has 1 saturated carbocycles.